The van der Waals surface area contributed by atoms with Crippen LogP contribution in [0.3, 0.4) is 0 Å². The third kappa shape index (κ3) is 3.09. The molecular formula is C15H25N5O. The Morgan fingerprint density at radius 1 is 1.38 bits per heavy atom. The number of nitrogens with zero attached hydrogens (tertiary/aromatic N) is 3. The molecule has 0 bridgehead atoms. The lowest BCUT2D eigenvalue weighted by atomic mass is 10.2. The Labute approximate surface area is 126 Å². The highest BCUT2D eigenvalue weighted by Gasteiger charge is 2.32. The van der Waals surface area contributed by atoms with Crippen molar-refractivity contribution in [1.29, 1.82) is 0 Å². The molecule has 1 aliphatic rings. The zero-order valence-corrected chi connectivity index (χ0v) is 13.4. The molecule has 1 aromatic heterocycles. The van der Waals surface area contributed by atoms with E-state index in [4.69, 9.17) is 4.98 Å². The first-order valence-electron chi connectivity index (χ1n) is 7.65. The van der Waals surface area contributed by atoms with Crippen molar-refractivity contribution in [2.75, 3.05) is 30.9 Å². The molecule has 0 saturated carbocycles. The maximum Gasteiger partial charge on any atom is 0.242 e. The molecule has 1 saturated heterocycles. The zero-order valence-electron chi connectivity index (χ0n) is 13.4. The Balaban J connectivity index is 2.41. The van der Waals surface area contributed by atoms with Gasteiger partial charge in [0.15, 0.2) is 0 Å². The molecule has 1 amide bonds. The summed E-state index contributed by atoms with van der Waals surface area (Å²) in [5.41, 5.74) is 1.01. The van der Waals surface area contributed by atoms with E-state index < -0.39 is 0 Å². The number of anilines is 2. The summed E-state index contributed by atoms with van der Waals surface area (Å²) in [6, 6.07) is -0.122. The summed E-state index contributed by atoms with van der Waals surface area (Å²) >= 11 is 0. The van der Waals surface area contributed by atoms with Crippen molar-refractivity contribution in [2.45, 2.75) is 45.6 Å². The number of aromatic nitrogens is 2. The number of aryl methyl sites for hydroxylation is 1. The van der Waals surface area contributed by atoms with Gasteiger partial charge in [0, 0.05) is 32.6 Å². The van der Waals surface area contributed by atoms with Gasteiger partial charge in [0.25, 0.3) is 0 Å². The predicted octanol–water partition coefficient (Wildman–Crippen LogP) is 1.49. The summed E-state index contributed by atoms with van der Waals surface area (Å²) in [4.78, 5) is 23.5. The minimum atomic E-state index is -0.122. The van der Waals surface area contributed by atoms with E-state index in [1.807, 2.05) is 14.0 Å². The van der Waals surface area contributed by atoms with Crippen LogP contribution in [0.15, 0.2) is 0 Å². The number of likely N-dealkylation sites (N-methyl/N-ethyl adjacent to an activating group) is 1. The molecule has 0 radical (unpaired) electrons. The van der Waals surface area contributed by atoms with Crippen LogP contribution < -0.4 is 15.5 Å². The third-order valence-corrected chi connectivity index (χ3v) is 3.95. The summed E-state index contributed by atoms with van der Waals surface area (Å²) in [5, 5.41) is 5.89. The van der Waals surface area contributed by atoms with Gasteiger partial charge in [-0.15, -0.1) is 0 Å². The lowest BCUT2D eigenvalue weighted by Crippen LogP contribution is -2.42. The molecule has 0 spiro atoms. The number of amides is 1. The molecule has 2 heterocycles. The van der Waals surface area contributed by atoms with Crippen LogP contribution >= 0.6 is 0 Å². The van der Waals surface area contributed by atoms with E-state index in [0.29, 0.717) is 0 Å². The summed E-state index contributed by atoms with van der Waals surface area (Å²) in [6.07, 6.45) is 3.74. The third-order valence-electron chi connectivity index (χ3n) is 3.95. The Morgan fingerprint density at radius 3 is 2.76 bits per heavy atom. The molecule has 1 unspecified atom stereocenters. The summed E-state index contributed by atoms with van der Waals surface area (Å²) in [5.74, 6) is 2.65. The molecule has 0 aromatic carbocycles. The molecule has 2 N–H and O–H groups in total. The van der Waals surface area contributed by atoms with Gasteiger partial charge in [0.1, 0.15) is 23.5 Å². The molecule has 6 nitrogen and oxygen atoms in total. The molecule has 1 aliphatic heterocycles. The SMILES string of the molecule is CCCc1nc(NC)c(C)c(N2CCCC2C(=O)NC)n1. The Kier molecular flexibility index (Phi) is 4.98. The summed E-state index contributed by atoms with van der Waals surface area (Å²) in [6.45, 7) is 4.99. The average Bonchev–Trinajstić information content (AvgIpc) is 2.97. The maximum absolute atomic E-state index is 12.1. The fourth-order valence-corrected chi connectivity index (χ4v) is 2.87. The van der Waals surface area contributed by atoms with Gasteiger partial charge in [-0.3, -0.25) is 4.79 Å². The number of hydrogen-bond acceptors (Lipinski definition) is 5. The fourth-order valence-electron chi connectivity index (χ4n) is 2.87. The van der Waals surface area contributed by atoms with Crippen LogP contribution in [0.2, 0.25) is 0 Å². The molecular weight excluding hydrogens is 266 g/mol. The Hall–Kier alpha value is -1.85. The normalized spacial score (nSPS) is 17.9. The first kappa shape index (κ1) is 15.5. The van der Waals surface area contributed by atoms with E-state index in [-0.39, 0.29) is 11.9 Å². The van der Waals surface area contributed by atoms with Crippen molar-refractivity contribution in [3.8, 4) is 0 Å². The second-order valence-corrected chi connectivity index (χ2v) is 5.40. The molecule has 21 heavy (non-hydrogen) atoms. The standard InChI is InChI=1S/C15H25N5O/c1-5-7-12-18-13(16-3)10(2)14(19-12)20-9-6-8-11(20)15(21)17-4/h11H,5-9H2,1-4H3,(H,17,21)(H,16,18,19). The van der Waals surface area contributed by atoms with Crippen molar-refractivity contribution in [3.63, 3.8) is 0 Å². The van der Waals surface area contributed by atoms with Crippen LogP contribution in [0.25, 0.3) is 0 Å². The highest BCUT2D eigenvalue weighted by atomic mass is 16.2. The van der Waals surface area contributed by atoms with Crippen LogP contribution in [0.4, 0.5) is 11.6 Å². The van der Waals surface area contributed by atoms with E-state index in [1.165, 1.54) is 0 Å². The van der Waals surface area contributed by atoms with Crippen molar-refractivity contribution in [2.24, 2.45) is 0 Å². The lowest BCUT2D eigenvalue weighted by Gasteiger charge is -2.27. The largest absolute Gasteiger partial charge is 0.373 e. The highest BCUT2D eigenvalue weighted by molar-refractivity contribution is 5.85. The molecule has 2 rings (SSSR count). The van der Waals surface area contributed by atoms with E-state index in [0.717, 1.165) is 55.3 Å². The topological polar surface area (TPSA) is 70.2 Å². The number of carbonyl (C=O) groups is 1. The molecule has 1 fully saturated rings. The molecule has 1 aromatic rings. The van der Waals surface area contributed by atoms with Crippen LogP contribution in [0.1, 0.15) is 37.6 Å². The second-order valence-electron chi connectivity index (χ2n) is 5.40. The van der Waals surface area contributed by atoms with Gasteiger partial charge in [-0.25, -0.2) is 9.97 Å². The first-order chi connectivity index (χ1) is 10.1. The molecule has 0 aliphatic carbocycles. The number of hydrogen-bond donors (Lipinski definition) is 2. The van der Waals surface area contributed by atoms with E-state index in [9.17, 15) is 4.79 Å². The van der Waals surface area contributed by atoms with Gasteiger partial charge in [-0.05, 0) is 26.2 Å². The van der Waals surface area contributed by atoms with Crippen LogP contribution in [-0.4, -0.2) is 42.6 Å². The molecule has 116 valence electrons. The molecule has 1 atom stereocenters. The Bertz CT molecular complexity index is 517. The monoisotopic (exact) mass is 291 g/mol. The van der Waals surface area contributed by atoms with Gasteiger partial charge < -0.3 is 15.5 Å². The number of rotatable bonds is 5. The highest BCUT2D eigenvalue weighted by Crippen LogP contribution is 2.30. The summed E-state index contributed by atoms with van der Waals surface area (Å²) < 4.78 is 0. The second kappa shape index (κ2) is 6.74. The van der Waals surface area contributed by atoms with Crippen LogP contribution in [0.5, 0.6) is 0 Å². The maximum atomic E-state index is 12.1. The van der Waals surface area contributed by atoms with Gasteiger partial charge >= 0.3 is 0 Å². The van der Waals surface area contributed by atoms with Gasteiger partial charge in [0.05, 0.1) is 0 Å². The Morgan fingerprint density at radius 2 is 2.14 bits per heavy atom. The smallest absolute Gasteiger partial charge is 0.242 e. The van der Waals surface area contributed by atoms with Crippen molar-refractivity contribution in [1.82, 2.24) is 15.3 Å². The zero-order chi connectivity index (χ0) is 15.4. The van der Waals surface area contributed by atoms with E-state index >= 15 is 0 Å². The average molecular weight is 291 g/mol. The predicted molar refractivity (Wildman–Crippen MR) is 84.7 cm³/mol. The van der Waals surface area contributed by atoms with Crippen LogP contribution in [0, 0.1) is 6.92 Å². The number of nitrogens with one attached hydrogen (secondary N) is 2. The van der Waals surface area contributed by atoms with Crippen LogP contribution in [-0.2, 0) is 11.2 Å². The van der Waals surface area contributed by atoms with Gasteiger partial charge in [0.2, 0.25) is 5.91 Å². The van der Waals surface area contributed by atoms with E-state index in [1.54, 1.807) is 7.05 Å². The quantitative estimate of drug-likeness (QED) is 0.860. The first-order valence-corrected chi connectivity index (χ1v) is 7.65. The lowest BCUT2D eigenvalue weighted by molar-refractivity contribution is -0.121. The number of carbonyl (C=O) groups excluding carboxylic acids is 1. The summed E-state index contributed by atoms with van der Waals surface area (Å²) in [7, 11) is 3.56. The minimum absolute atomic E-state index is 0.0635. The van der Waals surface area contributed by atoms with Gasteiger partial charge in [-0.2, -0.15) is 0 Å². The molecule has 6 heteroatoms. The van der Waals surface area contributed by atoms with Gasteiger partial charge in [-0.1, -0.05) is 6.92 Å². The van der Waals surface area contributed by atoms with Crippen molar-refractivity contribution >= 4 is 17.5 Å². The fraction of sp³-hybridized carbons (Fsp3) is 0.667. The van der Waals surface area contributed by atoms with Crippen molar-refractivity contribution in [3.05, 3.63) is 11.4 Å². The van der Waals surface area contributed by atoms with Crippen molar-refractivity contribution < 1.29 is 4.79 Å². The van der Waals surface area contributed by atoms with E-state index in [2.05, 4.69) is 27.4 Å². The minimum Gasteiger partial charge on any atom is -0.373 e.